The van der Waals surface area contributed by atoms with Gasteiger partial charge in [0.05, 0.1) is 15.7 Å². The van der Waals surface area contributed by atoms with E-state index in [4.69, 9.17) is 0 Å². The highest BCUT2D eigenvalue weighted by Gasteiger charge is 2.27. The molecule has 25 heavy (non-hydrogen) atoms. The van der Waals surface area contributed by atoms with Gasteiger partial charge >= 0.3 is 6.61 Å². The standard InChI is InChI=1S/C16H16BrF2N5O/c1-23-9-21-22-15(23)10-4-6-24(7-5-10)14-11(8-20)2-3-12(13(14)17)25-16(18)19/h2-3,9-10,16H,4-7H2,1H3. The van der Waals surface area contributed by atoms with Gasteiger partial charge in [0, 0.05) is 26.1 Å². The van der Waals surface area contributed by atoms with Crippen molar-refractivity contribution >= 4 is 21.6 Å². The number of hydrogen-bond donors (Lipinski definition) is 0. The van der Waals surface area contributed by atoms with Gasteiger partial charge in [-0.05, 0) is 40.9 Å². The average molecular weight is 412 g/mol. The Kier molecular flexibility index (Phi) is 5.18. The molecule has 2 heterocycles. The molecule has 0 unspecified atom stereocenters. The molecule has 0 radical (unpaired) electrons. The number of piperidine rings is 1. The minimum Gasteiger partial charge on any atom is -0.434 e. The second-order valence-corrected chi connectivity index (χ2v) is 6.62. The van der Waals surface area contributed by atoms with Crippen molar-refractivity contribution < 1.29 is 13.5 Å². The van der Waals surface area contributed by atoms with Crippen LogP contribution in [0.4, 0.5) is 14.5 Å². The van der Waals surface area contributed by atoms with E-state index in [1.807, 2.05) is 16.5 Å². The molecule has 1 aliphatic heterocycles. The zero-order valence-electron chi connectivity index (χ0n) is 13.5. The van der Waals surface area contributed by atoms with Crippen LogP contribution in [0.5, 0.6) is 5.75 Å². The fourth-order valence-electron chi connectivity index (χ4n) is 3.16. The zero-order chi connectivity index (χ0) is 18.0. The van der Waals surface area contributed by atoms with Gasteiger partial charge in [-0.3, -0.25) is 0 Å². The van der Waals surface area contributed by atoms with Gasteiger partial charge in [-0.25, -0.2) is 0 Å². The van der Waals surface area contributed by atoms with Crippen LogP contribution in [-0.2, 0) is 7.05 Å². The Balaban J connectivity index is 1.83. The summed E-state index contributed by atoms with van der Waals surface area (Å²) in [5, 5.41) is 17.5. The summed E-state index contributed by atoms with van der Waals surface area (Å²) < 4.78 is 32.0. The Bertz CT molecular complexity index is 796. The Hall–Kier alpha value is -2.21. The van der Waals surface area contributed by atoms with Crippen LogP contribution in [0.15, 0.2) is 22.9 Å². The van der Waals surface area contributed by atoms with Crippen molar-refractivity contribution in [3.8, 4) is 11.8 Å². The molecule has 1 fully saturated rings. The number of nitriles is 1. The van der Waals surface area contributed by atoms with Gasteiger partial charge in [0.15, 0.2) is 0 Å². The van der Waals surface area contributed by atoms with Crippen LogP contribution >= 0.6 is 15.9 Å². The smallest absolute Gasteiger partial charge is 0.387 e. The molecule has 1 aliphatic rings. The molecule has 132 valence electrons. The topological polar surface area (TPSA) is 67.0 Å². The number of aromatic nitrogens is 3. The summed E-state index contributed by atoms with van der Waals surface area (Å²) in [6.45, 7) is -1.55. The Labute approximate surface area is 152 Å². The van der Waals surface area contributed by atoms with Crippen molar-refractivity contribution in [2.45, 2.75) is 25.4 Å². The molecular formula is C16H16BrF2N5O. The predicted molar refractivity (Wildman–Crippen MR) is 90.7 cm³/mol. The molecular weight excluding hydrogens is 396 g/mol. The van der Waals surface area contributed by atoms with Gasteiger partial charge in [-0.1, -0.05) is 0 Å². The van der Waals surface area contributed by atoms with Crippen molar-refractivity contribution in [3.05, 3.63) is 34.3 Å². The van der Waals surface area contributed by atoms with E-state index >= 15 is 0 Å². The number of rotatable bonds is 4. The number of halogens is 3. The highest BCUT2D eigenvalue weighted by atomic mass is 79.9. The van der Waals surface area contributed by atoms with Gasteiger partial charge in [-0.15, -0.1) is 10.2 Å². The molecule has 9 heteroatoms. The summed E-state index contributed by atoms with van der Waals surface area (Å²) in [6.07, 6.45) is 3.35. The van der Waals surface area contributed by atoms with Crippen LogP contribution < -0.4 is 9.64 Å². The Morgan fingerprint density at radius 2 is 2.08 bits per heavy atom. The van der Waals surface area contributed by atoms with E-state index in [-0.39, 0.29) is 11.7 Å². The molecule has 2 aromatic rings. The summed E-state index contributed by atoms with van der Waals surface area (Å²) in [7, 11) is 1.91. The number of benzene rings is 1. The maximum atomic E-state index is 12.6. The minimum absolute atomic E-state index is 0.0272. The van der Waals surface area contributed by atoms with Gasteiger partial charge in [0.25, 0.3) is 0 Å². The fourth-order valence-corrected chi connectivity index (χ4v) is 3.85. The monoisotopic (exact) mass is 411 g/mol. The molecule has 0 aliphatic carbocycles. The van der Waals surface area contributed by atoms with Gasteiger partial charge in [0.1, 0.15) is 24.0 Å². The molecule has 0 saturated carbocycles. The number of nitrogens with zero attached hydrogens (tertiary/aromatic N) is 5. The second kappa shape index (κ2) is 7.35. The minimum atomic E-state index is -2.92. The molecule has 6 nitrogen and oxygen atoms in total. The molecule has 0 spiro atoms. The predicted octanol–water partition coefficient (Wildman–Crippen LogP) is 3.43. The highest BCUT2D eigenvalue weighted by Crippen LogP contribution is 2.40. The number of aryl methyl sites for hydroxylation is 1. The first kappa shape index (κ1) is 17.6. The molecule has 0 atom stereocenters. The van der Waals surface area contributed by atoms with Crippen molar-refractivity contribution in [1.82, 2.24) is 14.8 Å². The van der Waals surface area contributed by atoms with Crippen LogP contribution in [0.1, 0.15) is 30.1 Å². The number of anilines is 1. The molecule has 0 N–H and O–H groups in total. The van der Waals surface area contributed by atoms with Crippen molar-refractivity contribution in [2.24, 2.45) is 7.05 Å². The lowest BCUT2D eigenvalue weighted by Crippen LogP contribution is -2.34. The Morgan fingerprint density at radius 3 is 2.64 bits per heavy atom. The van der Waals surface area contributed by atoms with Crippen LogP contribution in [-0.4, -0.2) is 34.5 Å². The second-order valence-electron chi connectivity index (χ2n) is 5.83. The SMILES string of the molecule is Cn1cnnc1C1CCN(c2c(C#N)ccc(OC(F)F)c2Br)CC1. The third-order valence-corrected chi connectivity index (χ3v) is 5.11. The van der Waals surface area contributed by atoms with E-state index in [1.165, 1.54) is 12.1 Å². The number of alkyl halides is 2. The van der Waals surface area contributed by atoms with Gasteiger partial charge in [-0.2, -0.15) is 14.0 Å². The van der Waals surface area contributed by atoms with Crippen molar-refractivity contribution in [2.75, 3.05) is 18.0 Å². The lowest BCUT2D eigenvalue weighted by atomic mass is 9.95. The van der Waals surface area contributed by atoms with Crippen molar-refractivity contribution in [1.29, 1.82) is 5.26 Å². The van der Waals surface area contributed by atoms with Crippen LogP contribution in [0, 0.1) is 11.3 Å². The van der Waals surface area contributed by atoms with E-state index in [2.05, 4.69) is 36.9 Å². The quantitative estimate of drug-likeness (QED) is 0.770. The molecule has 0 bridgehead atoms. The summed E-state index contributed by atoms with van der Waals surface area (Å²) in [5.41, 5.74) is 1.02. The summed E-state index contributed by atoms with van der Waals surface area (Å²) in [6, 6.07) is 5.01. The fraction of sp³-hybridized carbons (Fsp3) is 0.438. The third-order valence-electron chi connectivity index (χ3n) is 4.34. The van der Waals surface area contributed by atoms with Crippen LogP contribution in [0.2, 0.25) is 0 Å². The lowest BCUT2D eigenvalue weighted by molar-refractivity contribution is -0.0503. The number of ether oxygens (including phenoxy) is 1. The summed E-state index contributed by atoms with van der Waals surface area (Å²) in [5.74, 6) is 1.25. The van der Waals surface area contributed by atoms with Gasteiger partial charge < -0.3 is 14.2 Å². The van der Waals surface area contributed by atoms with Crippen LogP contribution in [0.25, 0.3) is 0 Å². The van der Waals surface area contributed by atoms with E-state index < -0.39 is 6.61 Å². The van der Waals surface area contributed by atoms with Crippen molar-refractivity contribution in [3.63, 3.8) is 0 Å². The normalized spacial score (nSPS) is 15.4. The maximum Gasteiger partial charge on any atom is 0.387 e. The van der Waals surface area contributed by atoms with Crippen LogP contribution in [0.3, 0.4) is 0 Å². The lowest BCUT2D eigenvalue weighted by Gasteiger charge is -2.34. The van der Waals surface area contributed by atoms with E-state index in [0.717, 1.165) is 18.7 Å². The van der Waals surface area contributed by atoms with E-state index in [0.29, 0.717) is 28.8 Å². The third kappa shape index (κ3) is 3.58. The molecule has 1 aromatic carbocycles. The first-order valence-corrected chi connectivity index (χ1v) is 8.56. The molecule has 1 aromatic heterocycles. The van der Waals surface area contributed by atoms with E-state index in [9.17, 15) is 14.0 Å². The highest BCUT2D eigenvalue weighted by molar-refractivity contribution is 9.10. The largest absolute Gasteiger partial charge is 0.434 e. The average Bonchev–Trinajstić information content (AvgIpc) is 3.02. The zero-order valence-corrected chi connectivity index (χ0v) is 15.1. The molecule has 0 amide bonds. The first-order chi connectivity index (χ1) is 12.0. The number of hydrogen-bond acceptors (Lipinski definition) is 5. The summed E-state index contributed by atoms with van der Waals surface area (Å²) in [4.78, 5) is 2.02. The van der Waals surface area contributed by atoms with E-state index in [1.54, 1.807) is 6.33 Å². The Morgan fingerprint density at radius 1 is 1.36 bits per heavy atom. The molecule has 3 rings (SSSR count). The maximum absolute atomic E-state index is 12.6. The molecule has 1 saturated heterocycles. The van der Waals surface area contributed by atoms with Gasteiger partial charge in [0.2, 0.25) is 0 Å². The first-order valence-electron chi connectivity index (χ1n) is 7.77. The summed E-state index contributed by atoms with van der Waals surface area (Å²) >= 11 is 3.32.